The van der Waals surface area contributed by atoms with E-state index in [1.165, 1.54) is 16.8 Å². The molecule has 0 spiro atoms. The van der Waals surface area contributed by atoms with Crippen molar-refractivity contribution < 1.29 is 4.39 Å². The highest BCUT2D eigenvalue weighted by Gasteiger charge is 2.11. The second kappa shape index (κ2) is 5.27. The highest BCUT2D eigenvalue weighted by Crippen LogP contribution is 2.18. The van der Waals surface area contributed by atoms with Crippen LogP contribution in [0.1, 0.15) is 12.5 Å². The lowest BCUT2D eigenvalue weighted by atomic mass is 10.1. The summed E-state index contributed by atoms with van der Waals surface area (Å²) >= 11 is 0. The molecular weight excluding hydrogens is 233 g/mol. The fourth-order valence-electron chi connectivity index (χ4n) is 2.03. The van der Waals surface area contributed by atoms with Gasteiger partial charge in [-0.3, -0.25) is 4.79 Å². The molecule has 96 valence electrons. The van der Waals surface area contributed by atoms with Gasteiger partial charge in [0.05, 0.1) is 17.2 Å². The first-order chi connectivity index (χ1) is 8.65. The lowest BCUT2D eigenvalue weighted by Crippen LogP contribution is -2.21. The summed E-state index contributed by atoms with van der Waals surface area (Å²) in [6.45, 7) is 3.51. The molecule has 2 aromatic rings. The van der Waals surface area contributed by atoms with Gasteiger partial charge in [0, 0.05) is 12.6 Å². The molecule has 0 fully saturated rings. The summed E-state index contributed by atoms with van der Waals surface area (Å²) in [6, 6.07) is 3.00. The molecule has 4 nitrogen and oxygen atoms in total. The number of aryl methyl sites for hydroxylation is 1. The van der Waals surface area contributed by atoms with Gasteiger partial charge < -0.3 is 9.88 Å². The van der Waals surface area contributed by atoms with Crippen molar-refractivity contribution in [2.24, 2.45) is 7.05 Å². The van der Waals surface area contributed by atoms with E-state index in [1.54, 1.807) is 13.1 Å². The molecule has 1 heterocycles. The first-order valence-electron chi connectivity index (χ1n) is 5.99. The molecule has 0 bridgehead atoms. The molecule has 0 saturated heterocycles. The van der Waals surface area contributed by atoms with E-state index in [9.17, 15) is 9.18 Å². The molecule has 0 atom stereocenters. The van der Waals surface area contributed by atoms with Crippen LogP contribution < -0.4 is 10.9 Å². The van der Waals surface area contributed by atoms with Crippen LogP contribution in [-0.2, 0) is 13.5 Å². The van der Waals surface area contributed by atoms with Gasteiger partial charge in [-0.25, -0.2) is 9.37 Å². The molecule has 1 aromatic heterocycles. The number of fused-ring (bicyclic) bond motifs is 1. The highest BCUT2D eigenvalue weighted by molar-refractivity contribution is 5.78. The van der Waals surface area contributed by atoms with E-state index >= 15 is 0 Å². The van der Waals surface area contributed by atoms with Crippen LogP contribution in [0.4, 0.5) is 4.39 Å². The van der Waals surface area contributed by atoms with Crippen LogP contribution in [0.15, 0.2) is 23.1 Å². The Labute approximate surface area is 104 Å². The molecule has 0 amide bonds. The maximum Gasteiger partial charge on any atom is 0.269 e. The van der Waals surface area contributed by atoms with Crippen molar-refractivity contribution in [1.29, 1.82) is 0 Å². The summed E-state index contributed by atoms with van der Waals surface area (Å²) in [6.07, 6.45) is 1.80. The molecule has 1 aromatic carbocycles. The zero-order chi connectivity index (χ0) is 13.1. The zero-order valence-corrected chi connectivity index (χ0v) is 10.5. The number of nitrogens with one attached hydrogen (secondary N) is 1. The zero-order valence-electron chi connectivity index (χ0n) is 10.5. The molecule has 0 aliphatic carbocycles. The van der Waals surface area contributed by atoms with E-state index < -0.39 is 0 Å². The van der Waals surface area contributed by atoms with Gasteiger partial charge in [0.2, 0.25) is 0 Å². The fraction of sp³-hybridized carbons (Fsp3) is 0.385. The standard InChI is InChI=1S/C13H16FN3O/c1-3-15-7-6-9-10(14)4-5-11-13(9)17(2)12(18)8-16-11/h4-5,8,15H,3,6-7H2,1-2H3. The van der Waals surface area contributed by atoms with Gasteiger partial charge >= 0.3 is 0 Å². The third-order valence-corrected chi connectivity index (χ3v) is 2.99. The number of hydrogen-bond acceptors (Lipinski definition) is 3. The maximum atomic E-state index is 13.9. The first kappa shape index (κ1) is 12.7. The molecule has 0 unspecified atom stereocenters. The fourth-order valence-corrected chi connectivity index (χ4v) is 2.03. The second-order valence-corrected chi connectivity index (χ2v) is 4.15. The number of aromatic nitrogens is 2. The van der Waals surface area contributed by atoms with E-state index in [4.69, 9.17) is 0 Å². The molecule has 1 N–H and O–H groups in total. The lowest BCUT2D eigenvalue weighted by Gasteiger charge is -2.11. The Kier molecular flexibility index (Phi) is 3.72. The Morgan fingerprint density at radius 1 is 1.44 bits per heavy atom. The van der Waals surface area contributed by atoms with Crippen molar-refractivity contribution in [2.75, 3.05) is 13.1 Å². The van der Waals surface area contributed by atoms with Crippen LogP contribution in [0.25, 0.3) is 11.0 Å². The summed E-state index contributed by atoms with van der Waals surface area (Å²) < 4.78 is 15.3. The lowest BCUT2D eigenvalue weighted by molar-refractivity contribution is 0.601. The highest BCUT2D eigenvalue weighted by atomic mass is 19.1. The third kappa shape index (κ3) is 2.26. The van der Waals surface area contributed by atoms with Crippen LogP contribution in [0.5, 0.6) is 0 Å². The topological polar surface area (TPSA) is 46.9 Å². The summed E-state index contributed by atoms with van der Waals surface area (Å²) in [5.74, 6) is -0.289. The normalized spacial score (nSPS) is 11.1. The number of likely N-dealkylation sites (N-methyl/N-ethyl adjacent to an activating group) is 1. The monoisotopic (exact) mass is 249 g/mol. The van der Waals surface area contributed by atoms with Gasteiger partial charge in [0.1, 0.15) is 5.82 Å². The SMILES string of the molecule is CCNCCc1c(F)ccc2ncc(=O)n(C)c12. The smallest absolute Gasteiger partial charge is 0.269 e. The minimum atomic E-state index is -0.289. The number of rotatable bonds is 4. The summed E-state index contributed by atoms with van der Waals surface area (Å²) in [5, 5.41) is 3.15. The number of halogens is 1. The van der Waals surface area contributed by atoms with Gasteiger partial charge in [-0.2, -0.15) is 0 Å². The van der Waals surface area contributed by atoms with E-state index in [0.29, 0.717) is 29.6 Å². The number of nitrogens with zero attached hydrogens (tertiary/aromatic N) is 2. The molecule has 2 rings (SSSR count). The van der Waals surface area contributed by atoms with Crippen molar-refractivity contribution in [1.82, 2.24) is 14.9 Å². The summed E-state index contributed by atoms with van der Waals surface area (Å²) in [4.78, 5) is 15.6. The van der Waals surface area contributed by atoms with Crippen LogP contribution in [-0.4, -0.2) is 22.6 Å². The third-order valence-electron chi connectivity index (χ3n) is 2.99. The predicted octanol–water partition coefficient (Wildman–Crippen LogP) is 1.22. The largest absolute Gasteiger partial charge is 0.317 e. The maximum absolute atomic E-state index is 13.9. The van der Waals surface area contributed by atoms with E-state index in [2.05, 4.69) is 10.3 Å². The van der Waals surface area contributed by atoms with Gasteiger partial charge in [-0.1, -0.05) is 6.92 Å². The van der Waals surface area contributed by atoms with Crippen molar-refractivity contribution >= 4 is 11.0 Å². The van der Waals surface area contributed by atoms with Crippen molar-refractivity contribution in [3.05, 3.63) is 40.1 Å². The molecule has 0 aliphatic heterocycles. The van der Waals surface area contributed by atoms with Crippen molar-refractivity contribution in [3.63, 3.8) is 0 Å². The average molecular weight is 249 g/mol. The van der Waals surface area contributed by atoms with Gasteiger partial charge in [-0.15, -0.1) is 0 Å². The summed E-state index contributed by atoms with van der Waals surface area (Å²) in [5.41, 5.74) is 1.55. The number of benzene rings is 1. The van der Waals surface area contributed by atoms with E-state index in [1.807, 2.05) is 6.92 Å². The Hall–Kier alpha value is -1.75. The molecule has 0 radical (unpaired) electrons. The van der Waals surface area contributed by atoms with Crippen LogP contribution in [0, 0.1) is 5.82 Å². The molecule has 18 heavy (non-hydrogen) atoms. The van der Waals surface area contributed by atoms with Crippen LogP contribution in [0.2, 0.25) is 0 Å². The van der Waals surface area contributed by atoms with Crippen LogP contribution in [0.3, 0.4) is 0 Å². The Morgan fingerprint density at radius 2 is 2.22 bits per heavy atom. The van der Waals surface area contributed by atoms with Gasteiger partial charge in [0.25, 0.3) is 5.56 Å². The summed E-state index contributed by atoms with van der Waals surface area (Å²) in [7, 11) is 1.64. The number of hydrogen-bond donors (Lipinski definition) is 1. The molecule has 5 heteroatoms. The van der Waals surface area contributed by atoms with Gasteiger partial charge in [-0.05, 0) is 31.6 Å². The molecule has 0 saturated carbocycles. The quantitative estimate of drug-likeness (QED) is 0.829. The van der Waals surface area contributed by atoms with E-state index in [0.717, 1.165) is 6.54 Å². The van der Waals surface area contributed by atoms with Crippen molar-refractivity contribution in [3.8, 4) is 0 Å². The van der Waals surface area contributed by atoms with Crippen LogP contribution >= 0.6 is 0 Å². The predicted molar refractivity (Wildman–Crippen MR) is 69.2 cm³/mol. The van der Waals surface area contributed by atoms with Crippen molar-refractivity contribution in [2.45, 2.75) is 13.3 Å². The Balaban J connectivity index is 2.58. The second-order valence-electron chi connectivity index (χ2n) is 4.15. The molecular formula is C13H16FN3O. The van der Waals surface area contributed by atoms with Gasteiger partial charge in [0.15, 0.2) is 0 Å². The Morgan fingerprint density at radius 3 is 2.94 bits per heavy atom. The molecule has 0 aliphatic rings. The average Bonchev–Trinajstić information content (AvgIpc) is 2.36. The minimum Gasteiger partial charge on any atom is -0.317 e. The Bertz CT molecular complexity index is 621. The first-order valence-corrected chi connectivity index (χ1v) is 5.99. The minimum absolute atomic E-state index is 0.224. The van der Waals surface area contributed by atoms with E-state index in [-0.39, 0.29) is 11.4 Å².